The van der Waals surface area contributed by atoms with Crippen molar-refractivity contribution in [3.63, 3.8) is 0 Å². The molecule has 0 aliphatic rings. The van der Waals surface area contributed by atoms with Crippen LogP contribution in [-0.4, -0.2) is 19.7 Å². The zero-order valence-electron chi connectivity index (χ0n) is 19.4. The fourth-order valence-corrected chi connectivity index (χ4v) is 3.62. The number of hydrogen-bond acceptors (Lipinski definition) is 3. The SMILES string of the molecule is C=C/C=C(\C=C)OC(=O)NCC/C(=C(\c1ccccc1)c1ccc(OC)cc1)c1ccccc1. The van der Waals surface area contributed by atoms with E-state index in [1.165, 1.54) is 6.08 Å². The van der Waals surface area contributed by atoms with Crippen molar-refractivity contribution in [3.8, 4) is 5.75 Å². The fraction of sp³-hybridized carbons (Fsp3) is 0.100. The minimum absolute atomic E-state index is 0.342. The van der Waals surface area contributed by atoms with Crippen LogP contribution >= 0.6 is 0 Å². The van der Waals surface area contributed by atoms with Crippen LogP contribution in [0.2, 0.25) is 0 Å². The maximum absolute atomic E-state index is 12.3. The van der Waals surface area contributed by atoms with E-state index in [0.29, 0.717) is 18.7 Å². The van der Waals surface area contributed by atoms with Crippen molar-refractivity contribution in [2.75, 3.05) is 13.7 Å². The Kier molecular flexibility index (Phi) is 9.06. The van der Waals surface area contributed by atoms with Crippen LogP contribution in [0.1, 0.15) is 23.1 Å². The van der Waals surface area contributed by atoms with Crippen molar-refractivity contribution in [2.24, 2.45) is 0 Å². The molecule has 0 atom stereocenters. The number of amides is 1. The molecule has 0 radical (unpaired) electrons. The van der Waals surface area contributed by atoms with Crippen molar-refractivity contribution in [3.05, 3.63) is 139 Å². The Morgan fingerprint density at radius 1 is 0.853 bits per heavy atom. The van der Waals surface area contributed by atoms with Crippen LogP contribution < -0.4 is 10.1 Å². The topological polar surface area (TPSA) is 47.6 Å². The van der Waals surface area contributed by atoms with E-state index in [1.807, 2.05) is 48.5 Å². The number of nitrogens with one attached hydrogen (secondary N) is 1. The number of benzene rings is 3. The Labute approximate surface area is 201 Å². The molecule has 34 heavy (non-hydrogen) atoms. The first-order valence-corrected chi connectivity index (χ1v) is 11.1. The molecule has 0 aliphatic carbocycles. The second-order valence-corrected chi connectivity index (χ2v) is 7.39. The molecule has 0 heterocycles. The van der Waals surface area contributed by atoms with Gasteiger partial charge in [0.2, 0.25) is 0 Å². The van der Waals surface area contributed by atoms with Gasteiger partial charge in [-0.25, -0.2) is 4.79 Å². The van der Waals surface area contributed by atoms with Gasteiger partial charge in [0.25, 0.3) is 0 Å². The number of rotatable bonds is 10. The lowest BCUT2D eigenvalue weighted by Gasteiger charge is -2.18. The van der Waals surface area contributed by atoms with Crippen LogP contribution in [-0.2, 0) is 4.74 Å². The molecule has 3 aromatic rings. The first-order chi connectivity index (χ1) is 16.7. The van der Waals surface area contributed by atoms with Gasteiger partial charge in [-0.05, 0) is 58.5 Å². The quantitative estimate of drug-likeness (QED) is 0.205. The molecule has 3 rings (SSSR count). The van der Waals surface area contributed by atoms with Gasteiger partial charge in [0.05, 0.1) is 7.11 Å². The summed E-state index contributed by atoms with van der Waals surface area (Å²) < 4.78 is 10.6. The predicted octanol–water partition coefficient (Wildman–Crippen LogP) is 7.03. The standard InChI is InChI=1S/C30H29NO3/c1-4-12-26(5-2)34-30(32)31-22-21-28(23-13-8-6-9-14-23)29(24-15-10-7-11-16-24)25-17-19-27(33-3)20-18-25/h4-20H,1-2,21-22H2,3H3,(H,31,32)/b26-12+,29-28-. The Bertz CT molecular complexity index is 1160. The Balaban J connectivity index is 1.98. The summed E-state index contributed by atoms with van der Waals surface area (Å²) in [6.45, 7) is 7.66. The smallest absolute Gasteiger partial charge is 0.412 e. The second kappa shape index (κ2) is 12.7. The largest absolute Gasteiger partial charge is 0.497 e. The molecular formula is C30H29NO3. The molecule has 0 aromatic heterocycles. The first kappa shape index (κ1) is 24.3. The zero-order valence-corrected chi connectivity index (χ0v) is 19.4. The number of ether oxygens (including phenoxy) is 2. The van der Waals surface area contributed by atoms with E-state index in [0.717, 1.165) is 33.6 Å². The summed E-state index contributed by atoms with van der Waals surface area (Å²) in [6.07, 6.45) is 4.66. The molecule has 0 bridgehead atoms. The Morgan fingerprint density at radius 2 is 1.44 bits per heavy atom. The van der Waals surface area contributed by atoms with Gasteiger partial charge < -0.3 is 14.8 Å². The molecular weight excluding hydrogens is 422 g/mol. The molecule has 0 aliphatic heterocycles. The van der Waals surface area contributed by atoms with Gasteiger partial charge in [-0.3, -0.25) is 0 Å². The number of carbonyl (C=O) groups excluding carboxylic acids is 1. The summed E-state index contributed by atoms with van der Waals surface area (Å²) in [5.41, 5.74) is 5.46. The Hall–Kier alpha value is -4.31. The van der Waals surface area contributed by atoms with Crippen LogP contribution in [0.3, 0.4) is 0 Å². The summed E-state index contributed by atoms with van der Waals surface area (Å²) >= 11 is 0. The average Bonchev–Trinajstić information content (AvgIpc) is 2.89. The van der Waals surface area contributed by atoms with E-state index in [1.54, 1.807) is 19.3 Å². The van der Waals surface area contributed by atoms with E-state index in [2.05, 4.69) is 54.9 Å². The van der Waals surface area contributed by atoms with E-state index in [-0.39, 0.29) is 0 Å². The third-order valence-electron chi connectivity index (χ3n) is 5.20. The summed E-state index contributed by atoms with van der Waals surface area (Å²) in [4.78, 5) is 12.3. The van der Waals surface area contributed by atoms with Crippen molar-refractivity contribution in [2.45, 2.75) is 6.42 Å². The van der Waals surface area contributed by atoms with Gasteiger partial charge in [0, 0.05) is 6.54 Å². The van der Waals surface area contributed by atoms with Crippen LogP contribution in [0.25, 0.3) is 11.1 Å². The second-order valence-electron chi connectivity index (χ2n) is 7.39. The lowest BCUT2D eigenvalue weighted by Crippen LogP contribution is -2.25. The van der Waals surface area contributed by atoms with Crippen LogP contribution in [0, 0.1) is 0 Å². The number of carbonyl (C=O) groups is 1. The Morgan fingerprint density at radius 3 is 2.00 bits per heavy atom. The van der Waals surface area contributed by atoms with Crippen molar-refractivity contribution < 1.29 is 14.3 Å². The summed E-state index contributed by atoms with van der Waals surface area (Å²) in [6, 6.07) is 28.5. The lowest BCUT2D eigenvalue weighted by atomic mass is 9.88. The number of methoxy groups -OCH3 is 1. The van der Waals surface area contributed by atoms with E-state index >= 15 is 0 Å². The molecule has 4 nitrogen and oxygen atoms in total. The third-order valence-corrected chi connectivity index (χ3v) is 5.20. The van der Waals surface area contributed by atoms with Crippen molar-refractivity contribution in [1.82, 2.24) is 5.32 Å². The lowest BCUT2D eigenvalue weighted by molar-refractivity contribution is 0.179. The molecule has 172 valence electrons. The summed E-state index contributed by atoms with van der Waals surface area (Å²) in [5, 5.41) is 2.84. The number of allylic oxidation sites excluding steroid dienone is 3. The summed E-state index contributed by atoms with van der Waals surface area (Å²) in [5.74, 6) is 1.14. The minimum atomic E-state index is -0.536. The monoisotopic (exact) mass is 451 g/mol. The molecule has 0 saturated carbocycles. The molecule has 3 aromatic carbocycles. The van der Waals surface area contributed by atoms with Gasteiger partial charge in [-0.15, -0.1) is 0 Å². The molecule has 1 N–H and O–H groups in total. The van der Waals surface area contributed by atoms with Crippen LogP contribution in [0.4, 0.5) is 4.79 Å². The first-order valence-electron chi connectivity index (χ1n) is 11.1. The zero-order chi connectivity index (χ0) is 24.2. The van der Waals surface area contributed by atoms with E-state index in [4.69, 9.17) is 9.47 Å². The maximum Gasteiger partial charge on any atom is 0.412 e. The normalized spacial score (nSPS) is 11.7. The van der Waals surface area contributed by atoms with E-state index in [9.17, 15) is 4.79 Å². The molecule has 0 spiro atoms. The molecule has 0 unspecified atom stereocenters. The van der Waals surface area contributed by atoms with Crippen molar-refractivity contribution in [1.29, 1.82) is 0 Å². The van der Waals surface area contributed by atoms with E-state index < -0.39 is 6.09 Å². The van der Waals surface area contributed by atoms with Gasteiger partial charge >= 0.3 is 6.09 Å². The molecule has 4 heteroatoms. The third kappa shape index (κ3) is 6.59. The maximum atomic E-state index is 12.3. The molecule has 1 amide bonds. The fourth-order valence-electron chi connectivity index (χ4n) is 3.62. The van der Waals surface area contributed by atoms with Crippen LogP contribution in [0.5, 0.6) is 5.75 Å². The van der Waals surface area contributed by atoms with Crippen molar-refractivity contribution >= 4 is 17.2 Å². The summed E-state index contributed by atoms with van der Waals surface area (Å²) in [7, 11) is 1.66. The van der Waals surface area contributed by atoms with Gasteiger partial charge in [0.1, 0.15) is 11.5 Å². The van der Waals surface area contributed by atoms with Crippen LogP contribution in [0.15, 0.2) is 122 Å². The molecule has 0 fully saturated rings. The van der Waals surface area contributed by atoms with Gasteiger partial charge in [-0.2, -0.15) is 0 Å². The minimum Gasteiger partial charge on any atom is -0.497 e. The highest BCUT2D eigenvalue weighted by molar-refractivity contribution is 5.98. The van der Waals surface area contributed by atoms with Gasteiger partial charge in [-0.1, -0.05) is 92.0 Å². The highest BCUT2D eigenvalue weighted by Gasteiger charge is 2.15. The van der Waals surface area contributed by atoms with Gasteiger partial charge in [0.15, 0.2) is 0 Å². The average molecular weight is 452 g/mol. The number of alkyl carbamates (subject to hydrolysis) is 1. The highest BCUT2D eigenvalue weighted by Crippen LogP contribution is 2.34. The highest BCUT2D eigenvalue weighted by atomic mass is 16.6. The molecule has 0 saturated heterocycles. The predicted molar refractivity (Wildman–Crippen MR) is 139 cm³/mol. The number of hydrogen-bond donors (Lipinski definition) is 1.